The largest absolute Gasteiger partial charge is 0.352 e. The predicted octanol–water partition coefficient (Wildman–Crippen LogP) is 6.59. The maximum absolute atomic E-state index is 14.7. The Hall–Kier alpha value is -4.43. The standard InChI is InChI=1S/C38H43N3O4S/c1-29-22-24-32(25-23-29)27-40(36(26-31-15-6-3-7-16-31)38(43)39-33-17-8-4-9-18-33)37(42)28-41(35-21-13-12-14-30(35)2)46(44,45)34-19-10-5-11-20-34/h3,5-7,10-16,19-25,33,36H,4,8-9,17-18,26-28H2,1-2H3,(H,39,43). The van der Waals surface area contributed by atoms with Crippen LogP contribution in [-0.4, -0.2) is 43.8 Å². The highest BCUT2D eigenvalue weighted by Gasteiger charge is 2.35. The van der Waals surface area contributed by atoms with Crippen molar-refractivity contribution in [2.75, 3.05) is 10.8 Å². The molecule has 4 aromatic rings. The van der Waals surface area contributed by atoms with Gasteiger partial charge < -0.3 is 10.2 Å². The molecule has 1 saturated carbocycles. The van der Waals surface area contributed by atoms with Gasteiger partial charge in [-0.05, 0) is 61.6 Å². The van der Waals surface area contributed by atoms with Gasteiger partial charge in [0.1, 0.15) is 12.6 Å². The van der Waals surface area contributed by atoms with Crippen molar-refractivity contribution < 1.29 is 18.0 Å². The number of benzene rings is 4. The van der Waals surface area contributed by atoms with Crippen LogP contribution >= 0.6 is 0 Å². The van der Waals surface area contributed by atoms with Crippen molar-refractivity contribution in [3.63, 3.8) is 0 Å². The monoisotopic (exact) mass is 637 g/mol. The number of para-hydroxylation sites is 1. The summed E-state index contributed by atoms with van der Waals surface area (Å²) in [6.07, 6.45) is 5.39. The Morgan fingerprint density at radius 3 is 2.02 bits per heavy atom. The van der Waals surface area contributed by atoms with Crippen LogP contribution in [0.4, 0.5) is 5.69 Å². The Morgan fingerprint density at radius 2 is 1.37 bits per heavy atom. The average molecular weight is 638 g/mol. The van der Waals surface area contributed by atoms with E-state index >= 15 is 0 Å². The molecule has 46 heavy (non-hydrogen) atoms. The highest BCUT2D eigenvalue weighted by atomic mass is 32.2. The van der Waals surface area contributed by atoms with Crippen LogP contribution < -0.4 is 9.62 Å². The predicted molar refractivity (Wildman–Crippen MR) is 183 cm³/mol. The molecule has 1 fully saturated rings. The second kappa shape index (κ2) is 15.2. The van der Waals surface area contributed by atoms with Crippen LogP contribution in [0.15, 0.2) is 114 Å². The highest BCUT2D eigenvalue weighted by Crippen LogP contribution is 2.28. The van der Waals surface area contributed by atoms with Crippen LogP contribution in [0.25, 0.3) is 0 Å². The van der Waals surface area contributed by atoms with E-state index < -0.39 is 28.5 Å². The smallest absolute Gasteiger partial charge is 0.264 e. The number of carbonyl (C=O) groups is 2. The normalized spacial score (nSPS) is 14.3. The minimum atomic E-state index is -4.13. The van der Waals surface area contributed by atoms with E-state index in [0.29, 0.717) is 12.1 Å². The number of amides is 2. The van der Waals surface area contributed by atoms with Gasteiger partial charge in [0.2, 0.25) is 11.8 Å². The molecule has 240 valence electrons. The maximum Gasteiger partial charge on any atom is 0.264 e. The molecule has 1 N–H and O–H groups in total. The molecular formula is C38H43N3O4S. The molecule has 7 nitrogen and oxygen atoms in total. The van der Waals surface area contributed by atoms with Crippen LogP contribution in [0.1, 0.15) is 54.4 Å². The summed E-state index contributed by atoms with van der Waals surface area (Å²) in [5.74, 6) is -0.673. The van der Waals surface area contributed by atoms with Gasteiger partial charge in [-0.15, -0.1) is 0 Å². The molecule has 1 aliphatic rings. The summed E-state index contributed by atoms with van der Waals surface area (Å²) >= 11 is 0. The van der Waals surface area contributed by atoms with Crippen molar-refractivity contribution in [2.45, 2.75) is 75.9 Å². The minimum absolute atomic E-state index is 0.0535. The summed E-state index contributed by atoms with van der Waals surface area (Å²) in [5, 5.41) is 3.25. The molecule has 5 rings (SSSR count). The number of anilines is 1. The van der Waals surface area contributed by atoms with Crippen LogP contribution in [0.3, 0.4) is 0 Å². The third-order valence-electron chi connectivity index (χ3n) is 8.69. The number of sulfonamides is 1. The van der Waals surface area contributed by atoms with E-state index in [1.807, 2.05) is 80.6 Å². The van der Waals surface area contributed by atoms with Gasteiger partial charge in [-0.2, -0.15) is 0 Å². The molecule has 0 aliphatic heterocycles. The van der Waals surface area contributed by atoms with Crippen LogP contribution in [0.2, 0.25) is 0 Å². The Morgan fingerprint density at radius 1 is 0.761 bits per heavy atom. The van der Waals surface area contributed by atoms with Gasteiger partial charge in [-0.25, -0.2) is 8.42 Å². The van der Waals surface area contributed by atoms with Crippen molar-refractivity contribution in [3.8, 4) is 0 Å². The Balaban J connectivity index is 1.56. The zero-order valence-corrected chi connectivity index (χ0v) is 27.5. The fourth-order valence-corrected chi connectivity index (χ4v) is 7.56. The minimum Gasteiger partial charge on any atom is -0.352 e. The van der Waals surface area contributed by atoms with Crippen molar-refractivity contribution in [1.82, 2.24) is 10.2 Å². The first kappa shape index (κ1) is 32.9. The van der Waals surface area contributed by atoms with Crippen LogP contribution in [0, 0.1) is 13.8 Å². The molecule has 0 bridgehead atoms. The average Bonchev–Trinajstić information content (AvgIpc) is 3.07. The van der Waals surface area contributed by atoms with Crippen molar-refractivity contribution >= 4 is 27.5 Å². The molecule has 4 aromatic carbocycles. The molecule has 2 amide bonds. The molecule has 8 heteroatoms. The van der Waals surface area contributed by atoms with Gasteiger partial charge in [0, 0.05) is 19.0 Å². The zero-order valence-electron chi connectivity index (χ0n) is 26.6. The maximum atomic E-state index is 14.7. The van der Waals surface area contributed by atoms with E-state index in [4.69, 9.17) is 0 Å². The van der Waals surface area contributed by atoms with Gasteiger partial charge in [0.05, 0.1) is 10.6 Å². The lowest BCUT2D eigenvalue weighted by atomic mass is 9.94. The Kier molecular flexibility index (Phi) is 10.9. The second-order valence-electron chi connectivity index (χ2n) is 12.2. The molecule has 0 aromatic heterocycles. The van der Waals surface area contributed by atoms with Gasteiger partial charge in [-0.1, -0.05) is 116 Å². The number of carbonyl (C=O) groups excluding carboxylic acids is 2. The summed E-state index contributed by atoms with van der Waals surface area (Å²) in [7, 11) is -4.13. The first-order valence-corrected chi connectivity index (χ1v) is 17.5. The van der Waals surface area contributed by atoms with Crippen molar-refractivity contribution in [2.24, 2.45) is 0 Å². The molecule has 0 heterocycles. The summed E-state index contributed by atoms with van der Waals surface area (Å²) < 4.78 is 29.5. The molecule has 1 atom stereocenters. The lowest BCUT2D eigenvalue weighted by Crippen LogP contribution is -2.55. The number of nitrogens with one attached hydrogen (secondary N) is 1. The van der Waals surface area contributed by atoms with Gasteiger partial charge in [0.15, 0.2) is 0 Å². The third-order valence-corrected chi connectivity index (χ3v) is 10.5. The first-order valence-electron chi connectivity index (χ1n) is 16.0. The second-order valence-corrected chi connectivity index (χ2v) is 14.0. The van der Waals surface area contributed by atoms with E-state index in [9.17, 15) is 18.0 Å². The zero-order chi connectivity index (χ0) is 32.5. The van der Waals surface area contributed by atoms with E-state index in [2.05, 4.69) is 5.32 Å². The lowest BCUT2D eigenvalue weighted by molar-refractivity contribution is -0.140. The molecule has 1 aliphatic carbocycles. The number of hydrogen-bond donors (Lipinski definition) is 1. The molecule has 0 radical (unpaired) electrons. The highest BCUT2D eigenvalue weighted by molar-refractivity contribution is 7.92. The number of nitrogens with zero attached hydrogens (tertiary/aromatic N) is 2. The van der Waals surface area contributed by atoms with Gasteiger partial charge >= 0.3 is 0 Å². The number of rotatable bonds is 12. The van der Waals surface area contributed by atoms with Crippen molar-refractivity contribution in [3.05, 3.63) is 131 Å². The Bertz CT molecular complexity index is 1700. The number of aryl methyl sites for hydroxylation is 2. The van der Waals surface area contributed by atoms with Gasteiger partial charge in [-0.3, -0.25) is 13.9 Å². The molecule has 0 spiro atoms. The molecule has 0 saturated heterocycles. The fraction of sp³-hybridized carbons (Fsp3) is 0.316. The first-order chi connectivity index (χ1) is 22.2. The summed E-state index contributed by atoms with van der Waals surface area (Å²) in [4.78, 5) is 30.5. The van der Waals surface area contributed by atoms with E-state index in [1.165, 1.54) is 16.4 Å². The topological polar surface area (TPSA) is 86.8 Å². The SMILES string of the molecule is Cc1ccc(CN(C(=O)CN(c2ccccc2C)S(=O)(=O)c2ccccc2)C(Cc2ccccc2)C(=O)NC2CCCCC2)cc1. The lowest BCUT2D eigenvalue weighted by Gasteiger charge is -2.35. The van der Waals surface area contributed by atoms with Crippen LogP contribution in [-0.2, 0) is 32.6 Å². The van der Waals surface area contributed by atoms with Crippen LogP contribution in [0.5, 0.6) is 0 Å². The number of hydrogen-bond acceptors (Lipinski definition) is 4. The summed E-state index contributed by atoms with van der Waals surface area (Å²) in [5.41, 5.74) is 3.99. The summed E-state index contributed by atoms with van der Waals surface area (Å²) in [6, 6.07) is 32.0. The quantitative estimate of drug-likeness (QED) is 0.190. The molecular weight excluding hydrogens is 595 g/mol. The van der Waals surface area contributed by atoms with E-state index in [1.54, 1.807) is 35.2 Å². The Labute approximate surface area is 273 Å². The molecule has 1 unspecified atom stereocenters. The summed E-state index contributed by atoms with van der Waals surface area (Å²) in [6.45, 7) is 3.52. The van der Waals surface area contributed by atoms with Crippen molar-refractivity contribution in [1.29, 1.82) is 0 Å². The fourth-order valence-electron chi connectivity index (χ4n) is 6.06. The van der Waals surface area contributed by atoms with Gasteiger partial charge in [0.25, 0.3) is 10.0 Å². The third kappa shape index (κ3) is 8.23. The van der Waals surface area contributed by atoms with E-state index in [0.717, 1.165) is 54.4 Å². The van der Waals surface area contributed by atoms with E-state index in [-0.39, 0.29) is 23.4 Å².